The summed E-state index contributed by atoms with van der Waals surface area (Å²) >= 11 is 0. The zero-order valence-corrected chi connectivity index (χ0v) is 9.95. The molecular weight excluding hydrogens is 235 g/mol. The van der Waals surface area contributed by atoms with Crippen molar-refractivity contribution in [3.8, 4) is 5.75 Å². The first-order valence-electron chi connectivity index (χ1n) is 5.29. The van der Waals surface area contributed by atoms with Crippen molar-refractivity contribution in [2.24, 2.45) is 21.7 Å². The summed E-state index contributed by atoms with van der Waals surface area (Å²) in [6.07, 6.45) is 1.39. The molecule has 8 heteroatoms. The van der Waals surface area contributed by atoms with E-state index in [4.69, 9.17) is 16.2 Å². The monoisotopic (exact) mass is 250 g/mol. The van der Waals surface area contributed by atoms with Gasteiger partial charge in [0.1, 0.15) is 5.75 Å². The van der Waals surface area contributed by atoms with Crippen molar-refractivity contribution in [3.05, 3.63) is 23.8 Å². The maximum Gasteiger partial charge on any atom is 0.492 e. The Morgan fingerprint density at radius 2 is 2.17 bits per heavy atom. The van der Waals surface area contributed by atoms with E-state index in [-0.39, 0.29) is 11.4 Å². The van der Waals surface area contributed by atoms with Crippen molar-refractivity contribution < 1.29 is 14.8 Å². The van der Waals surface area contributed by atoms with Crippen LogP contribution in [0.5, 0.6) is 5.75 Å². The third-order valence-electron chi connectivity index (χ3n) is 1.99. The Hall–Kier alpha value is -2.06. The lowest BCUT2D eigenvalue weighted by molar-refractivity contribution is 0.340. The summed E-state index contributed by atoms with van der Waals surface area (Å²) in [5.74, 6) is 0.256. The molecule has 1 rings (SSSR count). The first-order chi connectivity index (χ1) is 8.54. The van der Waals surface area contributed by atoms with E-state index >= 15 is 0 Å². The number of hydrogen-bond acceptors (Lipinski definition) is 5. The van der Waals surface area contributed by atoms with Crippen LogP contribution in [-0.2, 0) is 0 Å². The zero-order valence-electron chi connectivity index (χ0n) is 9.95. The summed E-state index contributed by atoms with van der Waals surface area (Å²) in [4.78, 5) is 0. The zero-order chi connectivity index (χ0) is 13.5. The largest absolute Gasteiger partial charge is 0.494 e. The van der Waals surface area contributed by atoms with Gasteiger partial charge in [0.25, 0.3) is 0 Å². The number of nitrogens with two attached hydrogens (primary N) is 2. The van der Waals surface area contributed by atoms with Crippen LogP contribution < -0.4 is 21.7 Å². The molecule has 0 aromatic heterocycles. The molecule has 0 spiro atoms. The summed E-state index contributed by atoms with van der Waals surface area (Å²) in [5.41, 5.74) is 11.1. The van der Waals surface area contributed by atoms with Crippen LogP contribution in [-0.4, -0.2) is 35.9 Å². The van der Waals surface area contributed by atoms with Crippen molar-refractivity contribution in [3.63, 3.8) is 0 Å². The second-order valence-corrected chi connectivity index (χ2v) is 3.37. The van der Waals surface area contributed by atoms with E-state index in [0.29, 0.717) is 17.9 Å². The molecule has 18 heavy (non-hydrogen) atoms. The van der Waals surface area contributed by atoms with Crippen LogP contribution in [0.3, 0.4) is 0 Å². The van der Waals surface area contributed by atoms with E-state index in [2.05, 4.69) is 10.2 Å². The minimum absolute atomic E-state index is 0.153. The molecule has 1 aromatic carbocycles. The highest BCUT2D eigenvalue weighted by molar-refractivity contribution is 6.59. The van der Waals surface area contributed by atoms with E-state index in [1.165, 1.54) is 12.3 Å². The molecule has 0 heterocycles. The highest BCUT2D eigenvalue weighted by Crippen LogP contribution is 2.09. The molecule has 0 bridgehead atoms. The Morgan fingerprint density at radius 1 is 1.44 bits per heavy atom. The van der Waals surface area contributed by atoms with E-state index in [0.717, 1.165) is 0 Å². The van der Waals surface area contributed by atoms with Gasteiger partial charge in [0.05, 0.1) is 12.8 Å². The number of guanidine groups is 1. The molecule has 0 saturated heterocycles. The fourth-order valence-corrected chi connectivity index (χ4v) is 1.30. The van der Waals surface area contributed by atoms with Crippen LogP contribution in [0.15, 0.2) is 28.4 Å². The molecule has 6 N–H and O–H groups in total. The highest BCUT2D eigenvalue weighted by Gasteiger charge is 2.17. The van der Waals surface area contributed by atoms with E-state index in [1.807, 2.05) is 6.92 Å². The van der Waals surface area contributed by atoms with Crippen LogP contribution in [0.1, 0.15) is 12.5 Å². The van der Waals surface area contributed by atoms with Gasteiger partial charge >= 0.3 is 7.12 Å². The first kappa shape index (κ1) is 14.0. The summed E-state index contributed by atoms with van der Waals surface area (Å²) in [5, 5.41) is 25.5. The average molecular weight is 250 g/mol. The number of ether oxygens (including phenoxy) is 1. The van der Waals surface area contributed by atoms with Crippen molar-refractivity contribution in [2.45, 2.75) is 6.92 Å². The lowest BCUT2D eigenvalue weighted by atomic mass is 9.79. The quantitative estimate of drug-likeness (QED) is 0.216. The molecule has 0 radical (unpaired) electrons. The van der Waals surface area contributed by atoms with Crippen molar-refractivity contribution in [1.82, 2.24) is 0 Å². The van der Waals surface area contributed by atoms with Crippen molar-refractivity contribution in [2.75, 3.05) is 6.61 Å². The van der Waals surface area contributed by atoms with E-state index < -0.39 is 7.12 Å². The van der Waals surface area contributed by atoms with Gasteiger partial charge in [0, 0.05) is 5.46 Å². The van der Waals surface area contributed by atoms with Crippen LogP contribution in [0.25, 0.3) is 0 Å². The third-order valence-corrected chi connectivity index (χ3v) is 1.99. The predicted octanol–water partition coefficient (Wildman–Crippen LogP) is -1.63. The smallest absolute Gasteiger partial charge is 0.492 e. The standard InChI is InChI=1S/C10H15BN4O3/c1-2-18-9-4-3-7(5-8(9)11(16)17)6-14-15-10(12)13/h3-6,16-17H,2H2,1H3,(H4,12,13,15). The molecule has 0 amide bonds. The SMILES string of the molecule is CCOc1ccc(C=NN=C(N)N)cc1B(O)O. The molecule has 96 valence electrons. The normalized spacial score (nSPS) is 10.4. The van der Waals surface area contributed by atoms with Gasteiger partial charge in [-0.05, 0) is 30.7 Å². The third kappa shape index (κ3) is 4.08. The topological polar surface area (TPSA) is 126 Å². The minimum Gasteiger partial charge on any atom is -0.494 e. The second kappa shape index (κ2) is 6.62. The molecule has 0 aliphatic carbocycles. The van der Waals surface area contributed by atoms with Crippen molar-refractivity contribution in [1.29, 1.82) is 0 Å². The maximum atomic E-state index is 9.23. The Balaban J connectivity index is 2.99. The Kier molecular flexibility index (Phi) is 5.16. The van der Waals surface area contributed by atoms with Gasteiger partial charge in [-0.3, -0.25) is 0 Å². The molecule has 0 atom stereocenters. The summed E-state index contributed by atoms with van der Waals surface area (Å²) in [6, 6.07) is 4.85. The van der Waals surface area contributed by atoms with Crippen LogP contribution in [0.2, 0.25) is 0 Å². The van der Waals surface area contributed by atoms with Crippen LogP contribution >= 0.6 is 0 Å². The van der Waals surface area contributed by atoms with Gasteiger partial charge in [-0.25, -0.2) is 0 Å². The average Bonchev–Trinajstić information content (AvgIpc) is 2.30. The maximum absolute atomic E-state index is 9.23. The number of rotatable bonds is 5. The summed E-state index contributed by atoms with van der Waals surface area (Å²) in [7, 11) is -1.62. The predicted molar refractivity (Wildman–Crippen MR) is 70.8 cm³/mol. The van der Waals surface area contributed by atoms with Gasteiger partial charge in [-0.1, -0.05) is 0 Å². The number of benzene rings is 1. The molecular formula is C10H15BN4O3. The Labute approximate surface area is 105 Å². The second-order valence-electron chi connectivity index (χ2n) is 3.37. The summed E-state index contributed by atoms with van der Waals surface area (Å²) in [6.45, 7) is 2.24. The Morgan fingerprint density at radius 3 is 2.72 bits per heavy atom. The molecule has 0 aliphatic rings. The summed E-state index contributed by atoms with van der Waals surface area (Å²) < 4.78 is 5.26. The molecule has 0 saturated carbocycles. The lowest BCUT2D eigenvalue weighted by Crippen LogP contribution is -2.31. The highest BCUT2D eigenvalue weighted by atomic mass is 16.5. The Bertz CT molecular complexity index is 458. The number of nitrogens with zero attached hydrogens (tertiary/aromatic N) is 2. The molecule has 0 aliphatic heterocycles. The number of hydrogen-bond donors (Lipinski definition) is 4. The van der Waals surface area contributed by atoms with Gasteiger partial charge in [0.2, 0.25) is 5.96 Å². The molecule has 0 unspecified atom stereocenters. The van der Waals surface area contributed by atoms with Crippen LogP contribution in [0, 0.1) is 0 Å². The van der Waals surface area contributed by atoms with Gasteiger partial charge in [-0.15, -0.1) is 5.10 Å². The van der Waals surface area contributed by atoms with Gasteiger partial charge in [-0.2, -0.15) is 5.10 Å². The molecule has 7 nitrogen and oxygen atoms in total. The van der Waals surface area contributed by atoms with E-state index in [1.54, 1.807) is 12.1 Å². The minimum atomic E-state index is -1.62. The first-order valence-corrected chi connectivity index (χ1v) is 5.29. The van der Waals surface area contributed by atoms with E-state index in [9.17, 15) is 10.0 Å². The van der Waals surface area contributed by atoms with Gasteiger partial charge in [0.15, 0.2) is 0 Å². The van der Waals surface area contributed by atoms with Crippen molar-refractivity contribution >= 4 is 24.8 Å². The lowest BCUT2D eigenvalue weighted by Gasteiger charge is -2.09. The fourth-order valence-electron chi connectivity index (χ4n) is 1.30. The fraction of sp³-hybridized carbons (Fsp3) is 0.200. The molecule has 1 aromatic rings. The van der Waals surface area contributed by atoms with Crippen LogP contribution in [0.4, 0.5) is 0 Å². The molecule has 0 fully saturated rings. The van der Waals surface area contributed by atoms with Gasteiger partial charge < -0.3 is 26.3 Å².